The van der Waals surface area contributed by atoms with Crippen molar-refractivity contribution in [2.24, 2.45) is 0 Å². The van der Waals surface area contributed by atoms with E-state index in [1.807, 2.05) is 0 Å². The highest BCUT2D eigenvalue weighted by Crippen LogP contribution is 2.31. The highest BCUT2D eigenvalue weighted by atomic mass is 32.2. The van der Waals surface area contributed by atoms with Crippen molar-refractivity contribution in [1.82, 2.24) is 14.5 Å². The maximum atomic E-state index is 15.4. The zero-order chi connectivity index (χ0) is 23.0. The van der Waals surface area contributed by atoms with Crippen LogP contribution in [0, 0.1) is 17.5 Å². The summed E-state index contributed by atoms with van der Waals surface area (Å²) >= 11 is 0. The van der Waals surface area contributed by atoms with Gasteiger partial charge in [0, 0.05) is 31.2 Å². The third-order valence-electron chi connectivity index (χ3n) is 5.96. The molecule has 0 saturated carbocycles. The quantitative estimate of drug-likeness (QED) is 0.735. The van der Waals surface area contributed by atoms with Gasteiger partial charge in [-0.15, -0.1) is 0 Å². The second-order valence-corrected chi connectivity index (χ2v) is 10.1. The Kier molecular flexibility index (Phi) is 6.17. The van der Waals surface area contributed by atoms with Gasteiger partial charge in [-0.05, 0) is 54.7 Å². The van der Waals surface area contributed by atoms with Crippen LogP contribution >= 0.6 is 0 Å². The van der Waals surface area contributed by atoms with Crippen molar-refractivity contribution >= 4 is 16.1 Å². The third-order valence-corrected chi connectivity index (χ3v) is 6.69. The number of halogens is 3. The van der Waals surface area contributed by atoms with Crippen LogP contribution in [0.25, 0.3) is 11.1 Å². The number of carbonyl (C=O) groups excluding carboxylic acids is 1. The average Bonchev–Trinajstić information content (AvgIpc) is 3.03. The molecule has 0 spiro atoms. The van der Waals surface area contributed by atoms with Gasteiger partial charge in [0.05, 0.1) is 12.3 Å². The molecule has 2 fully saturated rings. The molecule has 10 heteroatoms. The van der Waals surface area contributed by atoms with Crippen molar-refractivity contribution < 1.29 is 26.4 Å². The Labute approximate surface area is 185 Å². The molecule has 4 rings (SSSR count). The minimum absolute atomic E-state index is 0.00197. The first-order valence-corrected chi connectivity index (χ1v) is 12.3. The lowest BCUT2D eigenvalue weighted by Gasteiger charge is -2.37. The number of nitrogens with zero attached hydrogens (tertiary/aromatic N) is 2. The fraction of sp³-hybridized carbons (Fsp3) is 0.409. The fourth-order valence-electron chi connectivity index (χ4n) is 4.33. The van der Waals surface area contributed by atoms with Crippen LogP contribution in [-0.2, 0) is 16.4 Å². The molecule has 0 aliphatic carbocycles. The van der Waals surface area contributed by atoms with Gasteiger partial charge < -0.3 is 9.80 Å². The lowest BCUT2D eigenvalue weighted by molar-refractivity contribution is 0.120. The predicted molar refractivity (Wildman–Crippen MR) is 114 cm³/mol. The van der Waals surface area contributed by atoms with Crippen molar-refractivity contribution in [3.8, 4) is 11.1 Å². The Morgan fingerprint density at radius 2 is 1.84 bits per heavy atom. The van der Waals surface area contributed by atoms with Crippen LogP contribution < -0.4 is 4.72 Å². The molecular formula is C22H24F3N3O3S. The molecule has 172 valence electrons. The summed E-state index contributed by atoms with van der Waals surface area (Å²) in [5.41, 5.74) is 0.0950. The Morgan fingerprint density at radius 3 is 2.47 bits per heavy atom. The molecule has 2 saturated heterocycles. The first kappa shape index (κ1) is 22.6. The number of hydrogen-bond acceptors (Lipinski definition) is 3. The number of urea groups is 1. The van der Waals surface area contributed by atoms with E-state index in [2.05, 4.69) is 4.72 Å². The normalized spacial score (nSPS) is 21.0. The summed E-state index contributed by atoms with van der Waals surface area (Å²) in [6, 6.07) is 5.70. The fourth-order valence-corrected chi connectivity index (χ4v) is 5.16. The van der Waals surface area contributed by atoms with Gasteiger partial charge in [-0.3, -0.25) is 0 Å². The van der Waals surface area contributed by atoms with E-state index in [9.17, 15) is 22.0 Å². The summed E-state index contributed by atoms with van der Waals surface area (Å²) in [5.74, 6) is -2.00. The minimum atomic E-state index is -3.58. The summed E-state index contributed by atoms with van der Waals surface area (Å²) in [6.45, 7) is 1.54. The smallest absolute Gasteiger partial charge is 0.320 e. The molecule has 0 bridgehead atoms. The standard InChI is InChI=1S/C22H24F3N3O3S/c1-32(30,31)26-19-6-9-28(22(29)27-7-3-8-27)20(19)12-15-11-17(24)13-18(21(15)25)14-4-2-5-16(23)10-14/h2,4-5,10-11,13,19-20,26H,3,6-9,12H2,1H3/t19-,20-/m0/s1. The summed E-state index contributed by atoms with van der Waals surface area (Å²) in [4.78, 5) is 16.1. The summed E-state index contributed by atoms with van der Waals surface area (Å²) in [7, 11) is -3.58. The van der Waals surface area contributed by atoms with Crippen molar-refractivity contribution in [2.75, 3.05) is 25.9 Å². The molecule has 1 N–H and O–H groups in total. The second kappa shape index (κ2) is 8.74. The number of likely N-dealkylation sites (tertiary alicyclic amines) is 2. The SMILES string of the molecule is CS(=O)(=O)N[C@H]1CCN(C(=O)N2CCC2)[C@H]1Cc1cc(F)cc(-c2cccc(F)c2)c1F. The average molecular weight is 468 g/mol. The molecule has 2 aromatic carbocycles. The first-order chi connectivity index (χ1) is 15.1. The number of sulfonamides is 1. The van der Waals surface area contributed by atoms with Crippen molar-refractivity contribution in [3.05, 3.63) is 59.4 Å². The van der Waals surface area contributed by atoms with Crippen molar-refractivity contribution in [3.63, 3.8) is 0 Å². The lowest BCUT2D eigenvalue weighted by atomic mass is 9.95. The maximum Gasteiger partial charge on any atom is 0.320 e. The summed E-state index contributed by atoms with van der Waals surface area (Å²) in [5, 5.41) is 0. The molecule has 32 heavy (non-hydrogen) atoms. The van der Waals surface area contributed by atoms with E-state index in [-0.39, 0.29) is 29.1 Å². The van der Waals surface area contributed by atoms with Gasteiger partial charge in [0.2, 0.25) is 10.0 Å². The van der Waals surface area contributed by atoms with Gasteiger partial charge in [0.15, 0.2) is 0 Å². The van der Waals surface area contributed by atoms with E-state index in [1.54, 1.807) is 4.90 Å². The zero-order valence-corrected chi connectivity index (χ0v) is 18.3. The van der Waals surface area contributed by atoms with Crippen LogP contribution in [-0.4, -0.2) is 62.2 Å². The zero-order valence-electron chi connectivity index (χ0n) is 17.5. The number of nitrogens with one attached hydrogen (secondary N) is 1. The van der Waals surface area contributed by atoms with Crippen LogP contribution in [0.1, 0.15) is 18.4 Å². The van der Waals surface area contributed by atoms with Gasteiger partial charge >= 0.3 is 6.03 Å². The first-order valence-electron chi connectivity index (χ1n) is 10.4. The molecule has 2 aromatic rings. The van der Waals surface area contributed by atoms with Crippen LogP contribution in [0.2, 0.25) is 0 Å². The molecule has 2 aliphatic heterocycles. The summed E-state index contributed by atoms with van der Waals surface area (Å²) < 4.78 is 69.7. The monoisotopic (exact) mass is 467 g/mol. The van der Waals surface area contributed by atoms with Crippen molar-refractivity contribution in [1.29, 1.82) is 0 Å². The van der Waals surface area contributed by atoms with Gasteiger partial charge in [-0.25, -0.2) is 31.1 Å². The minimum Gasteiger partial charge on any atom is -0.325 e. The maximum absolute atomic E-state index is 15.4. The second-order valence-electron chi connectivity index (χ2n) is 8.31. The van der Waals surface area contributed by atoms with Gasteiger partial charge in [0.25, 0.3) is 0 Å². The van der Waals surface area contributed by atoms with E-state index < -0.39 is 39.6 Å². The third kappa shape index (κ3) is 4.75. The van der Waals surface area contributed by atoms with E-state index in [1.165, 1.54) is 23.1 Å². The van der Waals surface area contributed by atoms with E-state index in [0.717, 1.165) is 30.9 Å². The Morgan fingerprint density at radius 1 is 1.09 bits per heavy atom. The molecule has 0 unspecified atom stereocenters. The number of rotatable bonds is 5. The summed E-state index contributed by atoms with van der Waals surface area (Å²) in [6.07, 6.45) is 2.20. The molecule has 2 amide bonds. The molecule has 2 aliphatic rings. The Bertz CT molecular complexity index is 1140. The predicted octanol–water partition coefficient (Wildman–Crippen LogP) is 3.13. The van der Waals surface area contributed by atoms with Crippen LogP contribution in [0.4, 0.5) is 18.0 Å². The van der Waals surface area contributed by atoms with Crippen molar-refractivity contribution in [2.45, 2.75) is 31.3 Å². The Hall–Kier alpha value is -2.59. The number of carbonyl (C=O) groups is 1. The van der Waals surface area contributed by atoms with Gasteiger partial charge in [0.1, 0.15) is 17.5 Å². The highest BCUT2D eigenvalue weighted by Gasteiger charge is 2.41. The topological polar surface area (TPSA) is 69.7 Å². The molecule has 2 atom stereocenters. The highest BCUT2D eigenvalue weighted by molar-refractivity contribution is 7.88. The van der Waals surface area contributed by atoms with Crippen LogP contribution in [0.3, 0.4) is 0 Å². The molecular weight excluding hydrogens is 443 g/mol. The molecule has 0 aromatic heterocycles. The largest absolute Gasteiger partial charge is 0.325 e. The lowest BCUT2D eigenvalue weighted by Crippen LogP contribution is -2.54. The molecule has 0 radical (unpaired) electrons. The van der Waals surface area contributed by atoms with Crippen LogP contribution in [0.5, 0.6) is 0 Å². The van der Waals surface area contributed by atoms with E-state index >= 15 is 4.39 Å². The van der Waals surface area contributed by atoms with Crippen LogP contribution in [0.15, 0.2) is 36.4 Å². The van der Waals surface area contributed by atoms with Gasteiger partial charge in [-0.2, -0.15) is 0 Å². The van der Waals surface area contributed by atoms with E-state index in [4.69, 9.17) is 0 Å². The Balaban J connectivity index is 1.69. The number of amides is 2. The van der Waals surface area contributed by atoms with E-state index in [0.29, 0.717) is 26.1 Å². The number of benzene rings is 2. The van der Waals surface area contributed by atoms with Gasteiger partial charge in [-0.1, -0.05) is 12.1 Å². The molecule has 2 heterocycles. The number of hydrogen-bond donors (Lipinski definition) is 1. The molecule has 6 nitrogen and oxygen atoms in total.